The van der Waals surface area contributed by atoms with Crippen LogP contribution in [0, 0.1) is 12.7 Å². The molecule has 1 unspecified atom stereocenters. The van der Waals surface area contributed by atoms with Gasteiger partial charge < -0.3 is 25.6 Å². The second-order valence-corrected chi connectivity index (χ2v) is 8.99. The van der Waals surface area contributed by atoms with Gasteiger partial charge in [-0.25, -0.2) is 14.1 Å². The number of nitrogens with zero attached hydrogens (tertiary/aromatic N) is 3. The first-order chi connectivity index (χ1) is 16.1. The molecule has 2 aromatic carbocycles. The van der Waals surface area contributed by atoms with E-state index in [0.29, 0.717) is 35.8 Å². The first-order valence-corrected chi connectivity index (χ1v) is 11.0. The van der Waals surface area contributed by atoms with Crippen molar-refractivity contribution in [3.8, 4) is 22.9 Å². The fraction of sp³-hybridized carbons (Fsp3) is 0.375. The molecule has 9 nitrogen and oxygen atoms in total. The monoisotopic (exact) mass is 469 g/mol. The fourth-order valence-corrected chi connectivity index (χ4v) is 3.77. The number of hydrogen-bond acceptors (Lipinski definition) is 7. The minimum atomic E-state index is -0.965. The molecule has 180 valence electrons. The van der Waals surface area contributed by atoms with Gasteiger partial charge in [0.25, 0.3) is 5.91 Å². The zero-order chi connectivity index (χ0) is 24.5. The number of benzene rings is 2. The number of phenols is 1. The van der Waals surface area contributed by atoms with Gasteiger partial charge >= 0.3 is 0 Å². The number of carbonyl (C=O) groups is 1. The average Bonchev–Trinajstić information content (AvgIpc) is 3.16. The van der Waals surface area contributed by atoms with Gasteiger partial charge in [-0.05, 0) is 57.5 Å². The lowest BCUT2D eigenvalue weighted by Crippen LogP contribution is -2.42. The highest BCUT2D eigenvalue weighted by Crippen LogP contribution is 2.38. The number of aryl methyl sites for hydroxylation is 2. The van der Waals surface area contributed by atoms with Gasteiger partial charge in [0.05, 0.1) is 11.8 Å². The number of hydrogen-bond donors (Lipinski definition) is 4. The van der Waals surface area contributed by atoms with E-state index in [0.717, 1.165) is 11.4 Å². The Balaban J connectivity index is 1.38. The number of phenolic OH excluding ortho intramolecular Hbond substituents is 1. The largest absolute Gasteiger partial charge is 0.508 e. The molecule has 2 heterocycles. The van der Waals surface area contributed by atoms with Gasteiger partial charge in [0.15, 0.2) is 12.4 Å². The van der Waals surface area contributed by atoms with Crippen LogP contribution in [0.2, 0.25) is 0 Å². The standard InChI is InChI=1S/C24H28FN5O4/c1-14-27-23(15-4-6-16(25)7-5-15)29-30(14)9-8-24(2,3)26-12-20(32)18-10-17(31)11-19-22(18)34-13-21(33)28-19/h4-7,10-11,20,26,31-32H,8-9,12-13H2,1-3H3,(H,28,33). The van der Waals surface area contributed by atoms with Gasteiger partial charge in [0.2, 0.25) is 0 Å². The van der Waals surface area contributed by atoms with Gasteiger partial charge in [0, 0.05) is 35.8 Å². The van der Waals surface area contributed by atoms with Crippen LogP contribution in [-0.4, -0.2) is 49.6 Å². The molecule has 4 N–H and O–H groups in total. The molecule has 4 rings (SSSR count). The maximum atomic E-state index is 13.2. The summed E-state index contributed by atoms with van der Waals surface area (Å²) < 4.78 is 20.5. The average molecular weight is 470 g/mol. The molecule has 3 aromatic rings. The number of aromatic hydroxyl groups is 1. The van der Waals surface area contributed by atoms with Crippen LogP contribution in [0.25, 0.3) is 11.4 Å². The summed E-state index contributed by atoms with van der Waals surface area (Å²) in [5.41, 5.74) is 1.12. The van der Waals surface area contributed by atoms with E-state index in [-0.39, 0.29) is 36.2 Å². The Morgan fingerprint density at radius 3 is 2.76 bits per heavy atom. The predicted octanol–water partition coefficient (Wildman–Crippen LogP) is 2.92. The van der Waals surface area contributed by atoms with Crippen molar-refractivity contribution in [1.82, 2.24) is 20.1 Å². The number of ether oxygens (including phenoxy) is 1. The number of aliphatic hydroxyl groups is 1. The zero-order valence-electron chi connectivity index (χ0n) is 19.3. The van der Waals surface area contributed by atoms with E-state index in [2.05, 4.69) is 20.7 Å². The molecule has 34 heavy (non-hydrogen) atoms. The first-order valence-electron chi connectivity index (χ1n) is 11.0. The summed E-state index contributed by atoms with van der Waals surface area (Å²) in [7, 11) is 0. The van der Waals surface area contributed by atoms with Crippen molar-refractivity contribution in [3.63, 3.8) is 0 Å². The quantitative estimate of drug-likeness (QED) is 0.400. The smallest absolute Gasteiger partial charge is 0.262 e. The Morgan fingerprint density at radius 1 is 1.29 bits per heavy atom. The summed E-state index contributed by atoms with van der Waals surface area (Å²) in [6.45, 7) is 6.55. The predicted molar refractivity (Wildman–Crippen MR) is 124 cm³/mol. The number of amides is 1. The van der Waals surface area contributed by atoms with E-state index < -0.39 is 6.10 Å². The highest BCUT2D eigenvalue weighted by Gasteiger charge is 2.26. The third-order valence-corrected chi connectivity index (χ3v) is 5.76. The van der Waals surface area contributed by atoms with Crippen LogP contribution in [0.3, 0.4) is 0 Å². The molecule has 1 aliphatic rings. The molecule has 1 atom stereocenters. The van der Waals surface area contributed by atoms with E-state index in [9.17, 15) is 19.4 Å². The molecule has 0 radical (unpaired) electrons. The molecule has 0 saturated heterocycles. The summed E-state index contributed by atoms with van der Waals surface area (Å²) in [6.07, 6.45) is -0.273. The second kappa shape index (κ2) is 9.40. The number of fused-ring (bicyclic) bond motifs is 1. The highest BCUT2D eigenvalue weighted by atomic mass is 19.1. The Hall–Kier alpha value is -3.50. The van der Waals surface area contributed by atoms with Crippen LogP contribution in [-0.2, 0) is 11.3 Å². The molecule has 10 heteroatoms. The number of β-amino-alcohol motifs (C(OH)–C–C–N with tert-alkyl or cyclic N) is 1. The van der Waals surface area contributed by atoms with Crippen LogP contribution >= 0.6 is 0 Å². The Bertz CT molecular complexity index is 1190. The van der Waals surface area contributed by atoms with Gasteiger partial charge in [0.1, 0.15) is 23.1 Å². The minimum absolute atomic E-state index is 0.0727. The number of anilines is 1. The summed E-state index contributed by atoms with van der Waals surface area (Å²) in [6, 6.07) is 8.89. The molecule has 1 aromatic heterocycles. The summed E-state index contributed by atoms with van der Waals surface area (Å²) in [5.74, 6) is 0.953. The number of carbonyl (C=O) groups excluding carboxylic acids is 1. The van der Waals surface area contributed by atoms with Crippen molar-refractivity contribution < 1.29 is 24.1 Å². The Labute approximate surface area is 196 Å². The highest BCUT2D eigenvalue weighted by molar-refractivity contribution is 5.96. The third kappa shape index (κ3) is 5.35. The molecule has 1 amide bonds. The van der Waals surface area contributed by atoms with Crippen LogP contribution < -0.4 is 15.4 Å². The van der Waals surface area contributed by atoms with E-state index >= 15 is 0 Å². The Kier molecular flexibility index (Phi) is 6.54. The summed E-state index contributed by atoms with van der Waals surface area (Å²) in [5, 5.41) is 31.3. The van der Waals surface area contributed by atoms with E-state index in [1.807, 2.05) is 20.8 Å². The van der Waals surface area contributed by atoms with Crippen LogP contribution in [0.4, 0.5) is 10.1 Å². The summed E-state index contributed by atoms with van der Waals surface area (Å²) in [4.78, 5) is 16.0. The molecule has 0 bridgehead atoms. The molecule has 0 fully saturated rings. The number of halogens is 1. The molecular weight excluding hydrogens is 441 g/mol. The lowest BCUT2D eigenvalue weighted by atomic mass is 9.99. The topological polar surface area (TPSA) is 122 Å². The van der Waals surface area contributed by atoms with Gasteiger partial charge in [-0.2, -0.15) is 5.10 Å². The van der Waals surface area contributed by atoms with Crippen molar-refractivity contribution in [1.29, 1.82) is 0 Å². The molecular formula is C24H28FN5O4. The lowest BCUT2D eigenvalue weighted by molar-refractivity contribution is -0.118. The van der Waals surface area contributed by atoms with E-state index in [1.54, 1.807) is 16.8 Å². The maximum Gasteiger partial charge on any atom is 0.262 e. The molecule has 0 spiro atoms. The normalized spacial score (nSPS) is 14.3. The SMILES string of the molecule is Cc1nc(-c2ccc(F)cc2)nn1CCC(C)(C)NCC(O)c1cc(O)cc2c1OCC(=O)N2. The van der Waals surface area contributed by atoms with Crippen molar-refractivity contribution >= 4 is 11.6 Å². The first kappa shape index (κ1) is 23.7. The summed E-state index contributed by atoms with van der Waals surface area (Å²) >= 11 is 0. The maximum absolute atomic E-state index is 13.2. The van der Waals surface area contributed by atoms with Crippen molar-refractivity contribution in [2.45, 2.75) is 45.4 Å². The second-order valence-electron chi connectivity index (χ2n) is 8.99. The third-order valence-electron chi connectivity index (χ3n) is 5.76. The fourth-order valence-electron chi connectivity index (χ4n) is 3.77. The van der Waals surface area contributed by atoms with Gasteiger partial charge in [-0.15, -0.1) is 0 Å². The van der Waals surface area contributed by atoms with Gasteiger partial charge in [-0.3, -0.25) is 4.79 Å². The van der Waals surface area contributed by atoms with Crippen molar-refractivity contribution in [2.75, 3.05) is 18.5 Å². The van der Waals surface area contributed by atoms with Crippen LogP contribution in [0.1, 0.15) is 37.8 Å². The van der Waals surface area contributed by atoms with E-state index in [4.69, 9.17) is 4.74 Å². The van der Waals surface area contributed by atoms with Crippen molar-refractivity contribution in [3.05, 3.63) is 53.6 Å². The van der Waals surface area contributed by atoms with E-state index in [1.165, 1.54) is 24.3 Å². The number of nitrogens with one attached hydrogen (secondary N) is 2. The minimum Gasteiger partial charge on any atom is -0.508 e. The molecule has 0 aliphatic carbocycles. The molecule has 1 aliphatic heterocycles. The number of rotatable bonds is 8. The van der Waals surface area contributed by atoms with Crippen LogP contribution in [0.5, 0.6) is 11.5 Å². The zero-order valence-corrected chi connectivity index (χ0v) is 19.3. The Morgan fingerprint density at radius 2 is 2.03 bits per heavy atom. The number of aliphatic hydroxyl groups excluding tert-OH is 1. The lowest BCUT2D eigenvalue weighted by Gasteiger charge is -2.29. The van der Waals surface area contributed by atoms with Crippen LogP contribution in [0.15, 0.2) is 36.4 Å². The van der Waals surface area contributed by atoms with Crippen molar-refractivity contribution in [2.24, 2.45) is 0 Å². The van der Waals surface area contributed by atoms with Gasteiger partial charge in [-0.1, -0.05) is 0 Å². The number of aromatic nitrogens is 3. The molecule has 0 saturated carbocycles.